The SMILES string of the molecule is Cc1ccc(O)cc1N1c2ccc(-c3ncccn3)nc2C(C)(C(N)=O)C1N. The van der Waals surface area contributed by atoms with E-state index in [0.717, 1.165) is 5.56 Å². The molecule has 0 aliphatic carbocycles. The summed E-state index contributed by atoms with van der Waals surface area (Å²) in [4.78, 5) is 27.4. The van der Waals surface area contributed by atoms with Crippen LogP contribution >= 0.6 is 0 Å². The number of pyridine rings is 1. The number of aromatic hydroxyl groups is 1. The first kappa shape index (κ1) is 17.9. The molecule has 1 aromatic carbocycles. The van der Waals surface area contributed by atoms with Gasteiger partial charge in [0.25, 0.3) is 0 Å². The fourth-order valence-corrected chi connectivity index (χ4v) is 3.53. The predicted octanol–water partition coefficient (Wildman–Crippen LogP) is 1.73. The molecule has 5 N–H and O–H groups in total. The van der Waals surface area contributed by atoms with Crippen molar-refractivity contribution in [2.75, 3.05) is 4.90 Å². The summed E-state index contributed by atoms with van der Waals surface area (Å²) in [5, 5.41) is 9.97. The Hall–Kier alpha value is -3.52. The zero-order valence-corrected chi connectivity index (χ0v) is 15.5. The van der Waals surface area contributed by atoms with Crippen LogP contribution in [0, 0.1) is 6.92 Å². The van der Waals surface area contributed by atoms with Crippen molar-refractivity contribution in [3.8, 4) is 17.3 Å². The Bertz CT molecular complexity index is 1070. The third-order valence-corrected chi connectivity index (χ3v) is 5.25. The van der Waals surface area contributed by atoms with E-state index in [4.69, 9.17) is 11.5 Å². The number of hydrogen-bond acceptors (Lipinski definition) is 7. The molecule has 28 heavy (non-hydrogen) atoms. The Kier molecular flexibility index (Phi) is 4.01. The van der Waals surface area contributed by atoms with Crippen molar-refractivity contribution >= 4 is 17.3 Å². The smallest absolute Gasteiger partial charge is 0.233 e. The molecule has 1 aliphatic heterocycles. The number of anilines is 2. The van der Waals surface area contributed by atoms with Gasteiger partial charge in [-0.15, -0.1) is 0 Å². The number of primary amides is 1. The lowest BCUT2D eigenvalue weighted by Crippen LogP contribution is -2.55. The number of aryl methyl sites for hydroxylation is 1. The summed E-state index contributed by atoms with van der Waals surface area (Å²) in [5.74, 6) is -0.0397. The Balaban J connectivity index is 1.95. The first-order valence-electron chi connectivity index (χ1n) is 8.77. The molecule has 0 spiro atoms. The first-order chi connectivity index (χ1) is 13.3. The number of nitrogens with two attached hydrogens (primary N) is 2. The summed E-state index contributed by atoms with van der Waals surface area (Å²) in [6.45, 7) is 3.58. The number of fused-ring (bicyclic) bond motifs is 1. The predicted molar refractivity (Wildman–Crippen MR) is 105 cm³/mol. The molecule has 2 unspecified atom stereocenters. The van der Waals surface area contributed by atoms with E-state index < -0.39 is 17.5 Å². The van der Waals surface area contributed by atoms with Gasteiger partial charge in [-0.2, -0.15) is 0 Å². The molecule has 0 bridgehead atoms. The van der Waals surface area contributed by atoms with Gasteiger partial charge >= 0.3 is 0 Å². The molecule has 0 fully saturated rings. The number of rotatable bonds is 3. The highest BCUT2D eigenvalue weighted by Gasteiger charge is 2.52. The monoisotopic (exact) mass is 376 g/mol. The largest absolute Gasteiger partial charge is 0.508 e. The Morgan fingerprint density at radius 3 is 2.57 bits per heavy atom. The average molecular weight is 376 g/mol. The number of carbonyl (C=O) groups excluding carboxylic acids is 1. The maximum absolute atomic E-state index is 12.5. The maximum Gasteiger partial charge on any atom is 0.233 e. The number of hydrogen-bond donors (Lipinski definition) is 3. The molecule has 4 rings (SSSR count). The molecule has 3 heterocycles. The molecule has 1 amide bonds. The minimum Gasteiger partial charge on any atom is -0.508 e. The van der Waals surface area contributed by atoms with Crippen LogP contribution in [0.3, 0.4) is 0 Å². The van der Waals surface area contributed by atoms with Crippen LogP contribution in [-0.4, -0.2) is 32.1 Å². The number of phenolic OH excluding ortho intramolecular Hbond substituents is 1. The Morgan fingerprint density at radius 1 is 1.18 bits per heavy atom. The van der Waals surface area contributed by atoms with Gasteiger partial charge < -0.3 is 21.5 Å². The van der Waals surface area contributed by atoms with Crippen molar-refractivity contribution in [3.05, 3.63) is 60.0 Å². The first-order valence-corrected chi connectivity index (χ1v) is 8.77. The molecular formula is C20H20N6O2. The lowest BCUT2D eigenvalue weighted by Gasteiger charge is -2.32. The van der Waals surface area contributed by atoms with Crippen LogP contribution in [-0.2, 0) is 10.2 Å². The van der Waals surface area contributed by atoms with Gasteiger partial charge in [-0.25, -0.2) is 15.0 Å². The quantitative estimate of drug-likeness (QED) is 0.634. The summed E-state index contributed by atoms with van der Waals surface area (Å²) in [6, 6.07) is 10.3. The van der Waals surface area contributed by atoms with Gasteiger partial charge in [0.15, 0.2) is 5.82 Å². The number of amides is 1. The van der Waals surface area contributed by atoms with Gasteiger partial charge in [-0.05, 0) is 43.7 Å². The molecule has 0 saturated heterocycles. The van der Waals surface area contributed by atoms with Crippen LogP contribution in [0.2, 0.25) is 0 Å². The second-order valence-electron chi connectivity index (χ2n) is 6.99. The second-order valence-corrected chi connectivity index (χ2v) is 6.99. The number of carbonyl (C=O) groups is 1. The Labute approximate surface area is 161 Å². The van der Waals surface area contributed by atoms with Crippen LogP contribution in [0.4, 0.5) is 11.4 Å². The van der Waals surface area contributed by atoms with Crippen LogP contribution in [0.5, 0.6) is 5.75 Å². The average Bonchev–Trinajstić information content (AvgIpc) is 2.92. The topological polar surface area (TPSA) is 131 Å². The minimum atomic E-state index is -1.24. The zero-order valence-electron chi connectivity index (χ0n) is 15.5. The van der Waals surface area contributed by atoms with E-state index in [1.54, 1.807) is 54.5 Å². The third-order valence-electron chi connectivity index (χ3n) is 5.25. The lowest BCUT2D eigenvalue weighted by molar-refractivity contribution is -0.123. The molecule has 142 valence electrons. The van der Waals surface area contributed by atoms with Crippen molar-refractivity contribution < 1.29 is 9.90 Å². The highest BCUT2D eigenvalue weighted by Crippen LogP contribution is 2.48. The van der Waals surface area contributed by atoms with E-state index in [1.165, 1.54) is 0 Å². The van der Waals surface area contributed by atoms with Crippen LogP contribution < -0.4 is 16.4 Å². The van der Waals surface area contributed by atoms with Crippen molar-refractivity contribution in [1.82, 2.24) is 15.0 Å². The fraction of sp³-hybridized carbons (Fsp3) is 0.200. The molecule has 2 atom stereocenters. The van der Waals surface area contributed by atoms with Crippen LogP contribution in [0.1, 0.15) is 18.2 Å². The van der Waals surface area contributed by atoms with E-state index >= 15 is 0 Å². The Morgan fingerprint density at radius 2 is 1.89 bits per heavy atom. The molecule has 2 aromatic heterocycles. The van der Waals surface area contributed by atoms with Gasteiger partial charge in [-0.1, -0.05) is 6.07 Å². The van der Waals surface area contributed by atoms with Crippen molar-refractivity contribution in [2.24, 2.45) is 11.5 Å². The number of benzene rings is 1. The van der Waals surface area contributed by atoms with Gasteiger partial charge in [0.2, 0.25) is 5.91 Å². The number of nitrogens with zero attached hydrogens (tertiary/aromatic N) is 4. The van der Waals surface area contributed by atoms with Crippen LogP contribution in [0.25, 0.3) is 11.5 Å². The number of aromatic nitrogens is 3. The van der Waals surface area contributed by atoms with E-state index in [2.05, 4.69) is 15.0 Å². The summed E-state index contributed by atoms with van der Waals surface area (Å²) < 4.78 is 0. The van der Waals surface area contributed by atoms with Gasteiger partial charge in [0.05, 0.1) is 11.4 Å². The molecule has 8 nitrogen and oxygen atoms in total. The van der Waals surface area contributed by atoms with Crippen molar-refractivity contribution in [2.45, 2.75) is 25.4 Å². The standard InChI is InChI=1S/C20H20N6O2/c1-11-4-5-12(27)10-15(11)26-14-7-6-13(17-23-8-3-9-24-17)25-16(14)20(2,18(26)21)19(22)28/h3-10,18,27H,21H2,1-2H3,(H2,22,28). The fourth-order valence-electron chi connectivity index (χ4n) is 3.53. The summed E-state index contributed by atoms with van der Waals surface area (Å²) in [7, 11) is 0. The van der Waals surface area contributed by atoms with Gasteiger partial charge in [0.1, 0.15) is 23.0 Å². The molecule has 1 aliphatic rings. The zero-order chi connectivity index (χ0) is 20.1. The van der Waals surface area contributed by atoms with E-state index in [9.17, 15) is 9.90 Å². The number of phenols is 1. The van der Waals surface area contributed by atoms with Crippen molar-refractivity contribution in [3.63, 3.8) is 0 Å². The van der Waals surface area contributed by atoms with Gasteiger partial charge in [-0.3, -0.25) is 4.79 Å². The summed E-state index contributed by atoms with van der Waals surface area (Å²) in [5.41, 5.74) is 14.3. The molecular weight excluding hydrogens is 356 g/mol. The lowest BCUT2D eigenvalue weighted by atomic mass is 9.84. The van der Waals surface area contributed by atoms with Gasteiger partial charge in [0, 0.05) is 24.1 Å². The summed E-state index contributed by atoms with van der Waals surface area (Å²) >= 11 is 0. The highest BCUT2D eigenvalue weighted by molar-refractivity contribution is 5.94. The molecule has 0 radical (unpaired) electrons. The van der Waals surface area contributed by atoms with E-state index in [0.29, 0.717) is 28.6 Å². The minimum absolute atomic E-state index is 0.101. The van der Waals surface area contributed by atoms with Crippen molar-refractivity contribution in [1.29, 1.82) is 0 Å². The molecule has 8 heteroatoms. The molecule has 3 aromatic rings. The maximum atomic E-state index is 12.5. The highest BCUT2D eigenvalue weighted by atomic mass is 16.3. The summed E-state index contributed by atoms with van der Waals surface area (Å²) in [6.07, 6.45) is 2.46. The second kappa shape index (κ2) is 6.28. The van der Waals surface area contributed by atoms with E-state index in [-0.39, 0.29) is 5.75 Å². The third kappa shape index (κ3) is 2.49. The van der Waals surface area contributed by atoms with E-state index in [1.807, 2.05) is 13.0 Å². The normalized spacial score (nSPS) is 20.8. The molecule has 0 saturated carbocycles. The van der Waals surface area contributed by atoms with Crippen LogP contribution in [0.15, 0.2) is 48.8 Å².